The average Bonchev–Trinajstić information content (AvgIpc) is 2.92. The van der Waals surface area contributed by atoms with Gasteiger partial charge in [0.05, 0.1) is 24.5 Å². The highest BCUT2D eigenvalue weighted by Crippen LogP contribution is 2.31. The fourth-order valence-corrected chi connectivity index (χ4v) is 3.85. The van der Waals surface area contributed by atoms with Crippen LogP contribution >= 0.6 is 0 Å². The second kappa shape index (κ2) is 7.06. The van der Waals surface area contributed by atoms with Crippen LogP contribution in [0.1, 0.15) is 19.3 Å². The monoisotopic (exact) mass is 354 g/mol. The van der Waals surface area contributed by atoms with Gasteiger partial charge in [-0.05, 0) is 25.0 Å². The Balaban J connectivity index is 1.70. The van der Waals surface area contributed by atoms with Gasteiger partial charge in [-0.25, -0.2) is 8.42 Å². The van der Waals surface area contributed by atoms with Crippen molar-refractivity contribution in [1.82, 2.24) is 9.88 Å². The standard InChI is InChI=1S/C16H22N2O5S/c1-24(20,21)9-6-15(19)18-11-14(16-13(18)5-3-8-22-16)23-12-4-2-7-17-10-12/h2,4,7,10,13-14,16H,3,5-6,8-9,11H2,1H3/t13-,14+,16+/m1/s1. The molecular formula is C16H22N2O5S. The second-order valence-corrected chi connectivity index (χ2v) is 8.58. The van der Waals surface area contributed by atoms with E-state index in [-0.39, 0.29) is 36.3 Å². The van der Waals surface area contributed by atoms with Crippen molar-refractivity contribution in [3.8, 4) is 5.75 Å². The Kier molecular flexibility index (Phi) is 5.05. The topological polar surface area (TPSA) is 85.8 Å². The summed E-state index contributed by atoms with van der Waals surface area (Å²) in [4.78, 5) is 18.2. The number of likely N-dealkylation sites (tertiary alicyclic amines) is 1. The molecule has 2 fully saturated rings. The molecule has 3 rings (SSSR count). The molecule has 3 atom stereocenters. The summed E-state index contributed by atoms with van der Waals surface area (Å²) < 4.78 is 34.4. The number of hydrogen-bond donors (Lipinski definition) is 0. The number of carbonyl (C=O) groups is 1. The number of amides is 1. The Morgan fingerprint density at radius 2 is 2.33 bits per heavy atom. The minimum Gasteiger partial charge on any atom is -0.484 e. The van der Waals surface area contributed by atoms with E-state index in [0.717, 1.165) is 19.1 Å². The van der Waals surface area contributed by atoms with Gasteiger partial charge in [0, 0.05) is 25.5 Å². The Morgan fingerprint density at radius 1 is 1.50 bits per heavy atom. The van der Waals surface area contributed by atoms with E-state index in [1.165, 1.54) is 0 Å². The molecule has 1 amide bonds. The molecule has 2 saturated heterocycles. The first-order chi connectivity index (χ1) is 11.4. The zero-order chi connectivity index (χ0) is 17.2. The van der Waals surface area contributed by atoms with Gasteiger partial charge in [-0.15, -0.1) is 0 Å². The molecule has 0 bridgehead atoms. The van der Waals surface area contributed by atoms with E-state index in [0.29, 0.717) is 18.9 Å². The van der Waals surface area contributed by atoms with Gasteiger partial charge in [-0.2, -0.15) is 0 Å². The molecule has 0 saturated carbocycles. The van der Waals surface area contributed by atoms with Gasteiger partial charge >= 0.3 is 0 Å². The third kappa shape index (κ3) is 4.05. The van der Waals surface area contributed by atoms with Crippen molar-refractivity contribution in [3.05, 3.63) is 24.5 Å². The van der Waals surface area contributed by atoms with Gasteiger partial charge in [0.2, 0.25) is 5.91 Å². The highest BCUT2D eigenvalue weighted by molar-refractivity contribution is 7.90. The van der Waals surface area contributed by atoms with Crippen LogP contribution in [0.2, 0.25) is 0 Å². The number of carbonyl (C=O) groups excluding carboxylic acids is 1. The first-order valence-electron chi connectivity index (χ1n) is 8.09. The fraction of sp³-hybridized carbons (Fsp3) is 0.625. The maximum atomic E-state index is 12.5. The summed E-state index contributed by atoms with van der Waals surface area (Å²) in [6, 6.07) is 3.56. The molecule has 1 aromatic heterocycles. The Hall–Kier alpha value is -1.67. The van der Waals surface area contributed by atoms with Gasteiger partial charge in [0.15, 0.2) is 0 Å². The zero-order valence-corrected chi connectivity index (χ0v) is 14.4. The van der Waals surface area contributed by atoms with Crippen LogP contribution in [0.15, 0.2) is 24.5 Å². The number of rotatable bonds is 5. The number of fused-ring (bicyclic) bond motifs is 1. The maximum Gasteiger partial charge on any atom is 0.224 e. The van der Waals surface area contributed by atoms with Crippen LogP contribution < -0.4 is 4.74 Å². The third-order valence-electron chi connectivity index (χ3n) is 4.41. The number of nitrogens with zero attached hydrogens (tertiary/aromatic N) is 2. The van der Waals surface area contributed by atoms with Crippen molar-refractivity contribution in [2.24, 2.45) is 0 Å². The SMILES string of the molecule is CS(=O)(=O)CCC(=O)N1C[C@H](Oc2cccnc2)[C@H]2OCCC[C@H]21. The van der Waals surface area contributed by atoms with Crippen LogP contribution in [0, 0.1) is 0 Å². The lowest BCUT2D eigenvalue weighted by molar-refractivity contribution is -0.134. The van der Waals surface area contributed by atoms with Crippen molar-refractivity contribution in [1.29, 1.82) is 0 Å². The average molecular weight is 354 g/mol. The van der Waals surface area contributed by atoms with Crippen molar-refractivity contribution < 1.29 is 22.7 Å². The summed E-state index contributed by atoms with van der Waals surface area (Å²) >= 11 is 0. The molecule has 8 heteroatoms. The summed E-state index contributed by atoms with van der Waals surface area (Å²) in [5.74, 6) is 0.355. The first-order valence-corrected chi connectivity index (χ1v) is 10.2. The van der Waals surface area contributed by atoms with E-state index >= 15 is 0 Å². The normalized spacial score (nSPS) is 26.9. The molecule has 0 spiro atoms. The number of hydrogen-bond acceptors (Lipinski definition) is 6. The highest BCUT2D eigenvalue weighted by atomic mass is 32.2. The quantitative estimate of drug-likeness (QED) is 0.772. The Bertz CT molecular complexity index is 679. The van der Waals surface area contributed by atoms with Gasteiger partial charge in [-0.1, -0.05) is 0 Å². The number of aromatic nitrogens is 1. The molecule has 0 aromatic carbocycles. The molecule has 132 valence electrons. The Labute approximate surface area is 141 Å². The van der Waals surface area contributed by atoms with E-state index in [9.17, 15) is 13.2 Å². The van der Waals surface area contributed by atoms with Crippen LogP contribution in [-0.4, -0.2) is 67.6 Å². The largest absolute Gasteiger partial charge is 0.484 e. The van der Waals surface area contributed by atoms with Gasteiger partial charge in [-0.3, -0.25) is 9.78 Å². The van der Waals surface area contributed by atoms with Gasteiger partial charge in [0.1, 0.15) is 27.8 Å². The summed E-state index contributed by atoms with van der Waals surface area (Å²) in [5, 5.41) is 0. The Morgan fingerprint density at radius 3 is 3.04 bits per heavy atom. The summed E-state index contributed by atoms with van der Waals surface area (Å²) in [7, 11) is -3.16. The van der Waals surface area contributed by atoms with E-state index in [1.807, 2.05) is 6.07 Å². The van der Waals surface area contributed by atoms with Crippen molar-refractivity contribution in [2.45, 2.75) is 37.5 Å². The summed E-state index contributed by atoms with van der Waals surface area (Å²) in [6.45, 7) is 1.06. The van der Waals surface area contributed by atoms with Crippen LogP contribution in [-0.2, 0) is 19.4 Å². The number of pyridine rings is 1. The van der Waals surface area contributed by atoms with Crippen molar-refractivity contribution in [2.75, 3.05) is 25.2 Å². The lowest BCUT2D eigenvalue weighted by atomic mass is 10.0. The van der Waals surface area contributed by atoms with Crippen LogP contribution in [0.3, 0.4) is 0 Å². The van der Waals surface area contributed by atoms with E-state index in [1.54, 1.807) is 23.4 Å². The molecule has 7 nitrogen and oxygen atoms in total. The van der Waals surface area contributed by atoms with Gasteiger partial charge in [0.25, 0.3) is 0 Å². The van der Waals surface area contributed by atoms with Crippen LogP contribution in [0.4, 0.5) is 0 Å². The molecule has 0 aliphatic carbocycles. The predicted octanol–water partition coefficient (Wildman–Crippen LogP) is 0.653. The summed E-state index contributed by atoms with van der Waals surface area (Å²) in [5.41, 5.74) is 0. The fourth-order valence-electron chi connectivity index (χ4n) is 3.31. The minimum atomic E-state index is -3.16. The van der Waals surface area contributed by atoms with E-state index < -0.39 is 9.84 Å². The van der Waals surface area contributed by atoms with Crippen LogP contribution in [0.5, 0.6) is 5.75 Å². The molecule has 24 heavy (non-hydrogen) atoms. The molecule has 0 N–H and O–H groups in total. The first kappa shape index (κ1) is 17.2. The lowest BCUT2D eigenvalue weighted by Gasteiger charge is -2.32. The summed E-state index contributed by atoms with van der Waals surface area (Å²) in [6.07, 6.45) is 5.74. The van der Waals surface area contributed by atoms with E-state index in [2.05, 4.69) is 4.98 Å². The van der Waals surface area contributed by atoms with E-state index in [4.69, 9.17) is 9.47 Å². The molecule has 0 unspecified atom stereocenters. The maximum absolute atomic E-state index is 12.5. The zero-order valence-electron chi connectivity index (χ0n) is 13.6. The smallest absolute Gasteiger partial charge is 0.224 e. The van der Waals surface area contributed by atoms with Gasteiger partial charge < -0.3 is 14.4 Å². The van der Waals surface area contributed by atoms with Crippen LogP contribution in [0.25, 0.3) is 0 Å². The third-order valence-corrected chi connectivity index (χ3v) is 5.35. The molecular weight excluding hydrogens is 332 g/mol. The number of ether oxygens (including phenoxy) is 2. The number of sulfone groups is 1. The molecule has 2 aliphatic rings. The lowest BCUT2D eigenvalue weighted by Crippen LogP contribution is -2.44. The molecule has 0 radical (unpaired) electrons. The molecule has 1 aromatic rings. The highest BCUT2D eigenvalue weighted by Gasteiger charge is 2.47. The minimum absolute atomic E-state index is 0.00165. The van der Waals surface area contributed by atoms with Crippen molar-refractivity contribution in [3.63, 3.8) is 0 Å². The van der Waals surface area contributed by atoms with Crippen molar-refractivity contribution >= 4 is 15.7 Å². The molecule has 2 aliphatic heterocycles. The predicted molar refractivity (Wildman–Crippen MR) is 87.5 cm³/mol. The molecule has 3 heterocycles. The second-order valence-electron chi connectivity index (χ2n) is 6.32.